The highest BCUT2D eigenvalue weighted by Crippen LogP contribution is 2.42. The summed E-state index contributed by atoms with van der Waals surface area (Å²) >= 11 is 6.32. The van der Waals surface area contributed by atoms with Gasteiger partial charge in [-0.15, -0.1) is 0 Å². The van der Waals surface area contributed by atoms with Crippen molar-refractivity contribution in [1.29, 1.82) is 0 Å². The fourth-order valence-corrected chi connectivity index (χ4v) is 6.68. The van der Waals surface area contributed by atoms with E-state index < -0.39 is 17.7 Å². The third-order valence-electron chi connectivity index (χ3n) is 9.09. The zero-order valence-electron chi connectivity index (χ0n) is 23.5. The number of halogens is 1. The molecule has 0 unspecified atom stereocenters. The summed E-state index contributed by atoms with van der Waals surface area (Å²) < 4.78 is 11.6. The van der Waals surface area contributed by atoms with Gasteiger partial charge in [-0.3, -0.25) is 0 Å². The van der Waals surface area contributed by atoms with Crippen LogP contribution in [0.2, 0.25) is 5.02 Å². The molecule has 5 rings (SSSR count). The second kappa shape index (κ2) is 13.0. The normalized spacial score (nSPS) is 28.5. The summed E-state index contributed by atoms with van der Waals surface area (Å²) in [4.78, 5) is 15.3. The van der Waals surface area contributed by atoms with Crippen molar-refractivity contribution in [3.8, 4) is 5.75 Å². The number of methoxy groups -OCH3 is 1. The van der Waals surface area contributed by atoms with Gasteiger partial charge in [0.2, 0.25) is 0 Å². The molecule has 4 atom stereocenters. The van der Waals surface area contributed by atoms with Crippen molar-refractivity contribution in [3.63, 3.8) is 0 Å². The van der Waals surface area contributed by atoms with E-state index in [-0.39, 0.29) is 12.3 Å². The third kappa shape index (κ3) is 6.35. The van der Waals surface area contributed by atoms with Gasteiger partial charge in [-0.1, -0.05) is 42.3 Å². The Kier molecular flexibility index (Phi) is 9.39. The lowest BCUT2D eigenvalue weighted by molar-refractivity contribution is -0.164. The zero-order valence-corrected chi connectivity index (χ0v) is 24.2. The second-order valence-corrected chi connectivity index (χ2v) is 12.1. The predicted octanol–water partition coefficient (Wildman–Crippen LogP) is 6.33. The number of aliphatic hydroxyl groups is 2. The van der Waals surface area contributed by atoms with Crippen LogP contribution < -0.4 is 9.64 Å². The van der Waals surface area contributed by atoms with E-state index >= 15 is 0 Å². The van der Waals surface area contributed by atoms with Gasteiger partial charge in [0, 0.05) is 18.1 Å². The first-order valence-electron chi connectivity index (χ1n) is 14.8. The van der Waals surface area contributed by atoms with Gasteiger partial charge in [0.15, 0.2) is 5.60 Å². The molecule has 2 N–H and O–H groups in total. The first-order chi connectivity index (χ1) is 19.4. The average Bonchev–Trinajstić information content (AvgIpc) is 2.96. The van der Waals surface area contributed by atoms with E-state index in [1.165, 1.54) is 12.7 Å². The van der Waals surface area contributed by atoms with Gasteiger partial charge < -0.3 is 24.6 Å². The maximum atomic E-state index is 13.0. The number of anilines is 1. The smallest absolute Gasteiger partial charge is 0.342 e. The molecule has 6 nitrogen and oxygen atoms in total. The largest absolute Gasteiger partial charge is 0.487 e. The van der Waals surface area contributed by atoms with Crippen LogP contribution in [0.15, 0.2) is 48.6 Å². The molecule has 3 aliphatic rings. The van der Waals surface area contributed by atoms with Gasteiger partial charge in [-0.2, -0.15) is 0 Å². The molecule has 2 aliphatic heterocycles. The van der Waals surface area contributed by atoms with Gasteiger partial charge in [0.1, 0.15) is 12.4 Å². The highest BCUT2D eigenvalue weighted by molar-refractivity contribution is 6.30. The summed E-state index contributed by atoms with van der Waals surface area (Å²) in [7, 11) is 1.33. The van der Waals surface area contributed by atoms with Gasteiger partial charge >= 0.3 is 5.97 Å². The molecule has 2 heterocycles. The summed E-state index contributed by atoms with van der Waals surface area (Å²) in [6, 6.07) is 11.6. The van der Waals surface area contributed by atoms with Crippen LogP contribution in [0.4, 0.5) is 5.69 Å². The topological polar surface area (TPSA) is 79.2 Å². The van der Waals surface area contributed by atoms with E-state index in [0.717, 1.165) is 86.5 Å². The van der Waals surface area contributed by atoms with Crippen LogP contribution >= 0.6 is 11.6 Å². The van der Waals surface area contributed by atoms with Crippen molar-refractivity contribution >= 4 is 23.3 Å². The lowest BCUT2D eigenvalue weighted by Crippen LogP contribution is -2.43. The van der Waals surface area contributed by atoms with Crippen LogP contribution in [0.25, 0.3) is 0 Å². The van der Waals surface area contributed by atoms with Gasteiger partial charge in [0.05, 0.1) is 18.9 Å². The Bertz CT molecular complexity index is 1220. The van der Waals surface area contributed by atoms with Gasteiger partial charge in [-0.25, -0.2) is 4.79 Å². The van der Waals surface area contributed by atoms with Gasteiger partial charge in [-0.05, 0) is 111 Å². The number of hydrogen-bond donors (Lipinski definition) is 2. The number of esters is 1. The van der Waals surface area contributed by atoms with E-state index in [2.05, 4.69) is 11.0 Å². The van der Waals surface area contributed by atoms with Crippen molar-refractivity contribution < 1.29 is 24.5 Å². The molecule has 2 bridgehead atoms. The Morgan fingerprint density at radius 3 is 2.75 bits per heavy atom. The van der Waals surface area contributed by atoms with E-state index in [4.69, 9.17) is 21.1 Å². The monoisotopic (exact) mass is 567 g/mol. The summed E-state index contributed by atoms with van der Waals surface area (Å²) in [5.41, 5.74) is 2.00. The number of ether oxygens (including phenoxy) is 2. The number of carbonyl (C=O) groups excluding carboxylic acids is 1. The Morgan fingerprint density at radius 1 is 1.07 bits per heavy atom. The quantitative estimate of drug-likeness (QED) is 0.310. The van der Waals surface area contributed by atoms with E-state index in [9.17, 15) is 15.0 Å². The van der Waals surface area contributed by atoms with E-state index in [0.29, 0.717) is 24.5 Å². The highest BCUT2D eigenvalue weighted by atomic mass is 35.5. The molecule has 0 radical (unpaired) electrons. The molecule has 1 saturated carbocycles. The Morgan fingerprint density at radius 2 is 1.95 bits per heavy atom. The van der Waals surface area contributed by atoms with Crippen molar-refractivity contribution in [2.75, 3.05) is 25.1 Å². The third-order valence-corrected chi connectivity index (χ3v) is 9.32. The summed E-state index contributed by atoms with van der Waals surface area (Å²) in [5, 5.41) is 23.4. The number of allylic oxidation sites excluding steroid dienone is 1. The second-order valence-electron chi connectivity index (χ2n) is 11.7. The highest BCUT2D eigenvalue weighted by Gasteiger charge is 2.40. The first-order valence-corrected chi connectivity index (χ1v) is 15.2. The zero-order chi connectivity index (χ0) is 28.1. The fourth-order valence-electron chi connectivity index (χ4n) is 6.48. The summed E-state index contributed by atoms with van der Waals surface area (Å²) in [6.07, 6.45) is 12.3. The Balaban J connectivity index is 1.55. The molecule has 0 spiro atoms. The number of nitrogens with zero attached hydrogens (tertiary/aromatic N) is 1. The summed E-state index contributed by atoms with van der Waals surface area (Å²) in [6.45, 7) is 2.00. The van der Waals surface area contributed by atoms with Gasteiger partial charge in [0.25, 0.3) is 0 Å². The molecule has 2 aromatic rings. The molecule has 40 heavy (non-hydrogen) atoms. The fraction of sp³-hybridized carbons (Fsp3) is 0.545. The number of rotatable bonds is 1. The number of aliphatic hydroxyl groups excluding tert-OH is 1. The number of fused-ring (bicyclic) bond motifs is 3. The molecule has 0 aromatic heterocycles. The number of carbonyl (C=O) groups is 1. The van der Waals surface area contributed by atoms with Crippen LogP contribution in [0.1, 0.15) is 74.5 Å². The maximum Gasteiger partial charge on any atom is 0.342 e. The SMILES string of the molecule is COC(=O)[C@@]1(O)CCCCC/C=C/[C@H](O)[C@@H]2CC[C@H]2CN2CCCCc3cc(Cl)ccc3COc3ccc1cc32. The maximum absolute atomic E-state index is 13.0. The Hall–Kier alpha value is -2.54. The van der Waals surface area contributed by atoms with Crippen LogP contribution in [-0.4, -0.2) is 42.5 Å². The van der Waals surface area contributed by atoms with Crippen molar-refractivity contribution in [3.05, 3.63) is 70.3 Å². The van der Waals surface area contributed by atoms with E-state index in [1.54, 1.807) is 6.07 Å². The Labute approximate surface area is 242 Å². The number of benzene rings is 2. The van der Waals surface area contributed by atoms with Crippen LogP contribution in [0.5, 0.6) is 5.75 Å². The molecule has 216 valence electrons. The molecule has 7 heteroatoms. The van der Waals surface area contributed by atoms with Crippen LogP contribution in [0, 0.1) is 11.8 Å². The van der Waals surface area contributed by atoms with Crippen molar-refractivity contribution in [2.24, 2.45) is 11.8 Å². The molecule has 1 fully saturated rings. The van der Waals surface area contributed by atoms with Crippen LogP contribution in [-0.2, 0) is 28.2 Å². The lowest BCUT2D eigenvalue weighted by Gasteiger charge is -2.43. The van der Waals surface area contributed by atoms with Crippen molar-refractivity contribution in [2.45, 2.75) is 82.5 Å². The minimum atomic E-state index is -1.73. The molecule has 1 aliphatic carbocycles. The standard InChI is InChI=1S/C33H42ClNO5/c1-39-32(37)33(38)17-7-4-2-3-5-10-30(36)28-15-12-24(28)21-35-18-8-6-9-23-19-27(34)14-11-25(23)22-40-31-16-13-26(33)20-29(31)35/h5,10-11,13-14,16,19-20,24,28,30,36,38H,2-4,6-9,12,15,17-18,21-22H2,1H3/b10-5+/t24-,28+,30-,33+/m0/s1. The molecular formula is C33H42ClNO5. The lowest BCUT2D eigenvalue weighted by atomic mass is 9.70. The van der Waals surface area contributed by atoms with Crippen molar-refractivity contribution in [1.82, 2.24) is 0 Å². The molecule has 2 aromatic carbocycles. The first kappa shape index (κ1) is 29.0. The predicted molar refractivity (Wildman–Crippen MR) is 158 cm³/mol. The molecular weight excluding hydrogens is 526 g/mol. The molecule has 0 amide bonds. The average molecular weight is 568 g/mol. The number of aryl methyl sites for hydroxylation is 1. The summed E-state index contributed by atoms with van der Waals surface area (Å²) in [5.74, 6) is 0.666. The van der Waals surface area contributed by atoms with E-state index in [1.807, 2.05) is 36.4 Å². The minimum absolute atomic E-state index is 0.230. The number of hydrogen-bond acceptors (Lipinski definition) is 6. The molecule has 0 saturated heterocycles. The van der Waals surface area contributed by atoms with Crippen LogP contribution in [0.3, 0.4) is 0 Å². The minimum Gasteiger partial charge on any atom is -0.487 e.